The summed E-state index contributed by atoms with van der Waals surface area (Å²) in [6, 6.07) is 4.79. The van der Waals surface area contributed by atoms with Gasteiger partial charge < -0.3 is 9.84 Å². The molecule has 1 rings (SSSR count). The summed E-state index contributed by atoms with van der Waals surface area (Å²) in [6.07, 6.45) is 0.579. The fourth-order valence-corrected chi connectivity index (χ4v) is 1.26. The third-order valence-electron chi connectivity index (χ3n) is 1.88. The highest BCUT2D eigenvalue weighted by Crippen LogP contribution is 2.19. The van der Waals surface area contributed by atoms with E-state index < -0.39 is 5.97 Å². The van der Waals surface area contributed by atoms with Crippen LogP contribution < -0.4 is 4.74 Å². The van der Waals surface area contributed by atoms with Crippen LogP contribution in [-0.4, -0.2) is 24.1 Å². The lowest BCUT2D eigenvalue weighted by Gasteiger charge is -2.04. The van der Waals surface area contributed by atoms with Crippen LogP contribution in [-0.2, 0) is 0 Å². The molecule has 0 saturated carbocycles. The second-order valence-electron chi connectivity index (χ2n) is 2.96. The van der Waals surface area contributed by atoms with Crippen molar-refractivity contribution in [2.24, 2.45) is 0 Å². The third-order valence-corrected chi connectivity index (χ3v) is 2.07. The molecule has 1 aromatic carbocycles. The van der Waals surface area contributed by atoms with Gasteiger partial charge in [-0.15, -0.1) is 11.6 Å². The Morgan fingerprint density at radius 1 is 1.56 bits per heavy atom. The molecule has 0 saturated heterocycles. The van der Waals surface area contributed by atoms with E-state index in [4.69, 9.17) is 21.4 Å². The van der Waals surface area contributed by atoms with Gasteiger partial charge in [0.25, 0.3) is 0 Å². The Labute approximate surface area is 99.0 Å². The maximum atomic E-state index is 10.9. The maximum Gasteiger partial charge on any atom is 0.339 e. The van der Waals surface area contributed by atoms with Crippen molar-refractivity contribution in [1.82, 2.24) is 0 Å². The number of hydrogen-bond donors (Lipinski definition) is 1. The van der Waals surface area contributed by atoms with E-state index in [2.05, 4.69) is 11.8 Å². The summed E-state index contributed by atoms with van der Waals surface area (Å²) in [5.74, 6) is 5.44. The van der Waals surface area contributed by atoms with Gasteiger partial charge in [0, 0.05) is 17.9 Å². The Morgan fingerprint density at radius 2 is 2.31 bits per heavy atom. The van der Waals surface area contributed by atoms with Crippen molar-refractivity contribution in [3.8, 4) is 17.6 Å². The first kappa shape index (κ1) is 12.4. The Bertz CT molecular complexity index is 443. The van der Waals surface area contributed by atoms with Gasteiger partial charge >= 0.3 is 5.97 Å². The second-order valence-corrected chi connectivity index (χ2v) is 3.34. The molecule has 16 heavy (non-hydrogen) atoms. The largest absolute Gasteiger partial charge is 0.496 e. The van der Waals surface area contributed by atoms with Crippen molar-refractivity contribution in [3.05, 3.63) is 29.3 Å². The molecule has 0 aliphatic rings. The fraction of sp³-hybridized carbons (Fsp3) is 0.250. The van der Waals surface area contributed by atoms with Crippen LogP contribution in [0.2, 0.25) is 0 Å². The smallest absolute Gasteiger partial charge is 0.339 e. The van der Waals surface area contributed by atoms with Crippen molar-refractivity contribution < 1.29 is 14.6 Å². The van der Waals surface area contributed by atoms with Crippen molar-refractivity contribution in [2.45, 2.75) is 6.42 Å². The first-order valence-corrected chi connectivity index (χ1v) is 5.18. The van der Waals surface area contributed by atoms with Crippen LogP contribution in [0.3, 0.4) is 0 Å². The zero-order valence-electron chi connectivity index (χ0n) is 8.79. The first-order chi connectivity index (χ1) is 7.69. The van der Waals surface area contributed by atoms with Gasteiger partial charge in [-0.05, 0) is 18.2 Å². The van der Waals surface area contributed by atoms with Crippen molar-refractivity contribution in [2.75, 3.05) is 13.0 Å². The quantitative estimate of drug-likeness (QED) is 0.650. The average Bonchev–Trinajstić information content (AvgIpc) is 2.29. The highest BCUT2D eigenvalue weighted by atomic mass is 35.5. The van der Waals surface area contributed by atoms with Crippen molar-refractivity contribution in [1.29, 1.82) is 0 Å². The lowest BCUT2D eigenvalue weighted by Crippen LogP contribution is -2.00. The van der Waals surface area contributed by atoms with E-state index in [0.29, 0.717) is 23.6 Å². The number of carbonyl (C=O) groups is 1. The Balaban J connectivity index is 3.04. The summed E-state index contributed by atoms with van der Waals surface area (Å²) in [6.45, 7) is 0. The van der Waals surface area contributed by atoms with E-state index in [0.717, 1.165) is 0 Å². The number of benzene rings is 1. The second kappa shape index (κ2) is 6.04. The van der Waals surface area contributed by atoms with Crippen LogP contribution in [0.5, 0.6) is 5.75 Å². The van der Waals surface area contributed by atoms with E-state index >= 15 is 0 Å². The predicted molar refractivity (Wildman–Crippen MR) is 62.2 cm³/mol. The number of rotatable bonds is 3. The van der Waals surface area contributed by atoms with Gasteiger partial charge in [0.2, 0.25) is 0 Å². The molecule has 84 valence electrons. The molecule has 0 aromatic heterocycles. The van der Waals surface area contributed by atoms with E-state index in [-0.39, 0.29) is 5.56 Å². The number of hydrogen-bond acceptors (Lipinski definition) is 2. The normalized spacial score (nSPS) is 9.12. The fourth-order valence-electron chi connectivity index (χ4n) is 1.16. The Kier molecular flexibility index (Phi) is 4.68. The molecular formula is C12H11ClO3. The summed E-state index contributed by atoms with van der Waals surface area (Å²) in [7, 11) is 1.43. The van der Waals surface area contributed by atoms with Gasteiger partial charge in [0.05, 0.1) is 7.11 Å². The molecule has 3 nitrogen and oxygen atoms in total. The lowest BCUT2D eigenvalue weighted by atomic mass is 10.1. The molecule has 0 aliphatic carbocycles. The summed E-state index contributed by atoms with van der Waals surface area (Å²) in [4.78, 5) is 10.9. The van der Waals surface area contributed by atoms with E-state index in [1.807, 2.05) is 0 Å². The number of aromatic carboxylic acids is 1. The number of methoxy groups -OCH3 is 1. The zero-order valence-corrected chi connectivity index (χ0v) is 9.54. The number of carboxylic acids is 1. The monoisotopic (exact) mass is 238 g/mol. The highest BCUT2D eigenvalue weighted by Gasteiger charge is 2.10. The van der Waals surface area contributed by atoms with Gasteiger partial charge in [0.15, 0.2) is 0 Å². The number of alkyl halides is 1. The summed E-state index contributed by atoms with van der Waals surface area (Å²) >= 11 is 5.48. The first-order valence-electron chi connectivity index (χ1n) is 4.65. The third kappa shape index (κ3) is 3.18. The van der Waals surface area contributed by atoms with Crippen LogP contribution in [0.15, 0.2) is 18.2 Å². The molecule has 1 aromatic rings. The standard InChI is InChI=1S/C12H11ClO3/c1-16-11-6-5-9(4-2-3-7-13)8-10(11)12(14)15/h5-6,8H,3,7H2,1H3,(H,14,15). The van der Waals surface area contributed by atoms with E-state index in [1.54, 1.807) is 12.1 Å². The lowest BCUT2D eigenvalue weighted by molar-refractivity contribution is 0.0693. The summed E-state index contributed by atoms with van der Waals surface area (Å²) in [5.41, 5.74) is 0.753. The average molecular weight is 239 g/mol. The van der Waals surface area contributed by atoms with Crippen LogP contribution in [0.25, 0.3) is 0 Å². The number of halogens is 1. The van der Waals surface area contributed by atoms with Crippen molar-refractivity contribution in [3.63, 3.8) is 0 Å². The minimum atomic E-state index is -1.03. The Morgan fingerprint density at radius 3 is 2.88 bits per heavy atom. The van der Waals surface area contributed by atoms with Crippen LogP contribution >= 0.6 is 11.6 Å². The predicted octanol–water partition coefficient (Wildman–Crippen LogP) is 2.37. The van der Waals surface area contributed by atoms with Gasteiger partial charge in [-0.2, -0.15) is 0 Å². The molecular weight excluding hydrogens is 228 g/mol. The SMILES string of the molecule is COc1ccc(C#CCCCl)cc1C(=O)O. The molecule has 0 atom stereocenters. The van der Waals surface area contributed by atoms with Gasteiger partial charge in [-0.1, -0.05) is 11.8 Å². The molecule has 0 aliphatic heterocycles. The highest BCUT2D eigenvalue weighted by molar-refractivity contribution is 6.18. The number of carboxylic acid groups (broad SMARTS) is 1. The molecule has 0 fully saturated rings. The molecule has 1 N–H and O–H groups in total. The molecule has 0 spiro atoms. The Hall–Kier alpha value is -1.66. The molecule has 0 amide bonds. The van der Waals surface area contributed by atoms with Crippen LogP contribution in [0.4, 0.5) is 0 Å². The van der Waals surface area contributed by atoms with Gasteiger partial charge in [-0.3, -0.25) is 0 Å². The molecule has 0 bridgehead atoms. The zero-order chi connectivity index (χ0) is 12.0. The molecule has 0 radical (unpaired) electrons. The van der Waals surface area contributed by atoms with Crippen molar-refractivity contribution >= 4 is 17.6 Å². The van der Waals surface area contributed by atoms with Gasteiger partial charge in [-0.25, -0.2) is 4.79 Å². The van der Waals surface area contributed by atoms with E-state index in [1.165, 1.54) is 13.2 Å². The van der Waals surface area contributed by atoms with Gasteiger partial charge in [0.1, 0.15) is 11.3 Å². The van der Waals surface area contributed by atoms with Crippen LogP contribution in [0, 0.1) is 11.8 Å². The van der Waals surface area contributed by atoms with E-state index in [9.17, 15) is 4.79 Å². The minimum absolute atomic E-state index is 0.111. The topological polar surface area (TPSA) is 46.5 Å². The minimum Gasteiger partial charge on any atom is -0.496 e. The summed E-state index contributed by atoms with van der Waals surface area (Å²) < 4.78 is 4.94. The summed E-state index contributed by atoms with van der Waals surface area (Å²) in [5, 5.41) is 8.94. The molecule has 0 unspecified atom stereocenters. The molecule has 0 heterocycles. The molecule has 4 heteroatoms. The number of ether oxygens (including phenoxy) is 1. The maximum absolute atomic E-state index is 10.9. The van der Waals surface area contributed by atoms with Crippen LogP contribution in [0.1, 0.15) is 22.3 Å².